The molecule has 0 saturated carbocycles. The molecule has 1 aromatic carbocycles. The van der Waals surface area contributed by atoms with Crippen LogP contribution in [-0.4, -0.2) is 31.1 Å². The van der Waals surface area contributed by atoms with Gasteiger partial charge in [-0.25, -0.2) is 0 Å². The Kier molecular flexibility index (Phi) is 6.83. The minimum Gasteiger partial charge on any atom is -0.469 e. The standard InChI is InChI=1S/C14H19BrClNO2/c1-4-17(8-10(2)14(18)19-3)9-11-7-12(15)5-6-13(11)16/h5-7,10H,4,8-9H2,1-3H3. The third-order valence-electron chi connectivity index (χ3n) is 2.98. The van der Waals surface area contributed by atoms with Crippen LogP contribution in [0.25, 0.3) is 0 Å². The van der Waals surface area contributed by atoms with E-state index in [9.17, 15) is 4.79 Å². The van der Waals surface area contributed by atoms with Crippen LogP contribution in [-0.2, 0) is 16.1 Å². The molecule has 0 aliphatic rings. The van der Waals surface area contributed by atoms with Gasteiger partial charge in [0.15, 0.2) is 0 Å². The van der Waals surface area contributed by atoms with Crippen LogP contribution in [0.3, 0.4) is 0 Å². The molecule has 0 spiro atoms. The van der Waals surface area contributed by atoms with Gasteiger partial charge < -0.3 is 4.74 Å². The Morgan fingerprint density at radius 3 is 2.79 bits per heavy atom. The van der Waals surface area contributed by atoms with E-state index in [2.05, 4.69) is 27.8 Å². The molecule has 1 unspecified atom stereocenters. The number of nitrogens with zero attached hydrogens (tertiary/aromatic N) is 1. The molecule has 0 aromatic heterocycles. The van der Waals surface area contributed by atoms with Crippen LogP contribution < -0.4 is 0 Å². The van der Waals surface area contributed by atoms with Gasteiger partial charge in [0.25, 0.3) is 0 Å². The molecule has 3 nitrogen and oxygen atoms in total. The molecular formula is C14H19BrClNO2. The molecule has 0 amide bonds. The Morgan fingerprint density at radius 2 is 2.21 bits per heavy atom. The zero-order valence-corrected chi connectivity index (χ0v) is 13.8. The second kappa shape index (κ2) is 7.88. The van der Waals surface area contributed by atoms with E-state index in [4.69, 9.17) is 16.3 Å². The van der Waals surface area contributed by atoms with Crippen molar-refractivity contribution in [3.63, 3.8) is 0 Å². The first-order chi connectivity index (χ1) is 8.97. The molecule has 19 heavy (non-hydrogen) atoms. The molecule has 0 aliphatic carbocycles. The third kappa shape index (κ3) is 5.13. The summed E-state index contributed by atoms with van der Waals surface area (Å²) in [7, 11) is 1.42. The molecular weight excluding hydrogens is 330 g/mol. The Labute approximate surface area is 128 Å². The molecule has 1 rings (SSSR count). The van der Waals surface area contributed by atoms with E-state index in [1.54, 1.807) is 0 Å². The Balaban J connectivity index is 2.71. The van der Waals surface area contributed by atoms with E-state index in [-0.39, 0.29) is 11.9 Å². The fourth-order valence-electron chi connectivity index (χ4n) is 1.87. The number of benzene rings is 1. The van der Waals surface area contributed by atoms with Crippen molar-refractivity contribution < 1.29 is 9.53 Å². The molecule has 5 heteroatoms. The van der Waals surface area contributed by atoms with Crippen LogP contribution in [0.1, 0.15) is 19.4 Å². The number of halogens is 2. The summed E-state index contributed by atoms with van der Waals surface area (Å²) < 4.78 is 5.75. The van der Waals surface area contributed by atoms with Crippen molar-refractivity contribution in [1.82, 2.24) is 4.90 Å². The number of carbonyl (C=O) groups is 1. The van der Waals surface area contributed by atoms with Crippen molar-refractivity contribution in [2.45, 2.75) is 20.4 Å². The molecule has 1 atom stereocenters. The maximum absolute atomic E-state index is 11.5. The molecule has 1 aromatic rings. The van der Waals surface area contributed by atoms with E-state index in [1.807, 2.05) is 25.1 Å². The van der Waals surface area contributed by atoms with Gasteiger partial charge in [0, 0.05) is 22.6 Å². The van der Waals surface area contributed by atoms with Crippen molar-refractivity contribution in [3.05, 3.63) is 33.3 Å². The average molecular weight is 349 g/mol. The number of esters is 1. The molecule has 0 bridgehead atoms. The van der Waals surface area contributed by atoms with Gasteiger partial charge in [0.05, 0.1) is 13.0 Å². The van der Waals surface area contributed by atoms with Gasteiger partial charge in [0.1, 0.15) is 0 Å². The zero-order valence-electron chi connectivity index (χ0n) is 11.5. The monoisotopic (exact) mass is 347 g/mol. The minimum atomic E-state index is -0.182. The van der Waals surface area contributed by atoms with Crippen LogP contribution >= 0.6 is 27.5 Å². The maximum atomic E-state index is 11.5. The highest BCUT2D eigenvalue weighted by molar-refractivity contribution is 9.10. The molecule has 106 valence electrons. The summed E-state index contributed by atoms with van der Waals surface area (Å²) in [5, 5.41) is 0.743. The molecule has 0 heterocycles. The predicted octanol–water partition coefficient (Wildman–Crippen LogP) is 3.73. The lowest BCUT2D eigenvalue weighted by Gasteiger charge is -2.23. The highest BCUT2D eigenvalue weighted by Crippen LogP contribution is 2.22. The van der Waals surface area contributed by atoms with E-state index >= 15 is 0 Å². The molecule has 0 fully saturated rings. The van der Waals surface area contributed by atoms with Gasteiger partial charge in [-0.05, 0) is 30.3 Å². The highest BCUT2D eigenvalue weighted by Gasteiger charge is 2.17. The minimum absolute atomic E-state index is 0.143. The number of carbonyl (C=O) groups excluding carboxylic acids is 1. The van der Waals surface area contributed by atoms with Gasteiger partial charge in [-0.15, -0.1) is 0 Å². The Hall–Kier alpha value is -0.580. The first-order valence-corrected chi connectivity index (χ1v) is 7.39. The van der Waals surface area contributed by atoms with E-state index in [0.29, 0.717) is 6.54 Å². The smallest absolute Gasteiger partial charge is 0.309 e. The summed E-state index contributed by atoms with van der Waals surface area (Å²) >= 11 is 9.63. The second-order valence-corrected chi connectivity index (χ2v) is 5.81. The third-order valence-corrected chi connectivity index (χ3v) is 3.85. The molecule has 0 saturated heterocycles. The van der Waals surface area contributed by atoms with E-state index in [0.717, 1.165) is 28.1 Å². The first-order valence-electron chi connectivity index (χ1n) is 6.22. The summed E-state index contributed by atoms with van der Waals surface area (Å²) in [6.45, 7) is 6.17. The number of methoxy groups -OCH3 is 1. The highest BCUT2D eigenvalue weighted by atomic mass is 79.9. The van der Waals surface area contributed by atoms with Crippen LogP contribution in [0.5, 0.6) is 0 Å². The molecule has 0 N–H and O–H groups in total. The first kappa shape index (κ1) is 16.5. The summed E-state index contributed by atoms with van der Waals surface area (Å²) in [4.78, 5) is 13.6. The maximum Gasteiger partial charge on any atom is 0.309 e. The fourth-order valence-corrected chi connectivity index (χ4v) is 2.46. The van der Waals surface area contributed by atoms with Gasteiger partial charge in [-0.3, -0.25) is 9.69 Å². The largest absolute Gasteiger partial charge is 0.469 e. The Bertz CT molecular complexity index is 439. The van der Waals surface area contributed by atoms with Gasteiger partial charge in [-0.1, -0.05) is 41.4 Å². The van der Waals surface area contributed by atoms with Crippen molar-refractivity contribution in [2.24, 2.45) is 5.92 Å². The normalized spacial score (nSPS) is 12.5. The number of hydrogen-bond donors (Lipinski definition) is 0. The van der Waals surface area contributed by atoms with Crippen molar-refractivity contribution in [1.29, 1.82) is 0 Å². The van der Waals surface area contributed by atoms with Gasteiger partial charge >= 0.3 is 5.97 Å². The lowest BCUT2D eigenvalue weighted by atomic mass is 10.1. The number of ether oxygens (including phenoxy) is 1. The average Bonchev–Trinajstić information content (AvgIpc) is 2.40. The SMILES string of the molecule is CCN(Cc1cc(Br)ccc1Cl)CC(C)C(=O)OC. The van der Waals surface area contributed by atoms with Crippen LogP contribution in [0.4, 0.5) is 0 Å². The number of rotatable bonds is 6. The van der Waals surface area contributed by atoms with E-state index in [1.165, 1.54) is 7.11 Å². The van der Waals surface area contributed by atoms with Crippen molar-refractivity contribution in [2.75, 3.05) is 20.2 Å². The van der Waals surface area contributed by atoms with Crippen molar-refractivity contribution >= 4 is 33.5 Å². The summed E-state index contributed by atoms with van der Waals surface area (Å²) in [6, 6.07) is 5.80. The van der Waals surface area contributed by atoms with E-state index < -0.39 is 0 Å². The lowest BCUT2D eigenvalue weighted by molar-refractivity contribution is -0.145. The Morgan fingerprint density at radius 1 is 1.53 bits per heavy atom. The zero-order chi connectivity index (χ0) is 14.4. The summed E-state index contributed by atoms with van der Waals surface area (Å²) in [6.07, 6.45) is 0. The molecule has 0 aliphatic heterocycles. The molecule has 0 radical (unpaired) electrons. The van der Waals surface area contributed by atoms with Gasteiger partial charge in [0.2, 0.25) is 0 Å². The lowest BCUT2D eigenvalue weighted by Crippen LogP contribution is -2.32. The number of hydrogen-bond acceptors (Lipinski definition) is 3. The fraction of sp³-hybridized carbons (Fsp3) is 0.500. The van der Waals surface area contributed by atoms with Crippen LogP contribution in [0.15, 0.2) is 22.7 Å². The predicted molar refractivity (Wildman–Crippen MR) is 81.3 cm³/mol. The van der Waals surface area contributed by atoms with Crippen molar-refractivity contribution in [3.8, 4) is 0 Å². The summed E-state index contributed by atoms with van der Waals surface area (Å²) in [5.41, 5.74) is 1.05. The van der Waals surface area contributed by atoms with Crippen LogP contribution in [0.2, 0.25) is 5.02 Å². The quantitative estimate of drug-likeness (QED) is 0.734. The second-order valence-electron chi connectivity index (χ2n) is 4.49. The van der Waals surface area contributed by atoms with Crippen LogP contribution in [0, 0.1) is 5.92 Å². The topological polar surface area (TPSA) is 29.5 Å². The van der Waals surface area contributed by atoms with Gasteiger partial charge in [-0.2, -0.15) is 0 Å². The summed E-state index contributed by atoms with van der Waals surface area (Å²) in [5.74, 6) is -0.324.